The van der Waals surface area contributed by atoms with E-state index in [1.54, 1.807) is 0 Å². The van der Waals surface area contributed by atoms with Crippen molar-refractivity contribution in [1.29, 1.82) is 0 Å². The third-order valence-electron chi connectivity index (χ3n) is 6.26. The smallest absolute Gasteiger partial charge is 0.351 e. The van der Waals surface area contributed by atoms with Crippen molar-refractivity contribution in [3.8, 4) is 0 Å². The molecule has 0 radical (unpaired) electrons. The summed E-state index contributed by atoms with van der Waals surface area (Å²) in [5, 5.41) is 27.0. The van der Waals surface area contributed by atoms with Crippen molar-refractivity contribution < 1.29 is 38.0 Å². The predicted molar refractivity (Wildman–Crippen MR) is 109 cm³/mol. The number of nitro groups is 1. The van der Waals surface area contributed by atoms with E-state index < -0.39 is 26.9 Å². The summed E-state index contributed by atoms with van der Waals surface area (Å²) in [6.45, 7) is 3.79. The lowest BCUT2D eigenvalue weighted by Crippen LogP contribution is -3.15. The number of nitro benzene ring substituents is 1. The summed E-state index contributed by atoms with van der Waals surface area (Å²) < 4.78 is 27.0. The van der Waals surface area contributed by atoms with E-state index in [1.807, 2.05) is 0 Å². The molecule has 3 atom stereocenters. The number of non-ortho nitro benzene ring substituents is 1. The molecule has 3 aliphatic rings. The molecule has 3 unspecified atom stereocenters. The highest BCUT2D eigenvalue weighted by molar-refractivity contribution is 7.89. The molecule has 2 aliphatic carbocycles. The molecule has 174 valence electrons. The van der Waals surface area contributed by atoms with Gasteiger partial charge in [0.1, 0.15) is 0 Å². The van der Waals surface area contributed by atoms with Gasteiger partial charge in [-0.3, -0.25) is 10.1 Å². The molecule has 2 N–H and O–H groups in total. The molecule has 11 nitrogen and oxygen atoms in total. The van der Waals surface area contributed by atoms with Gasteiger partial charge < -0.3 is 19.9 Å². The fourth-order valence-corrected chi connectivity index (χ4v) is 6.08. The molecule has 2 fully saturated rings. The molecule has 1 heterocycles. The van der Waals surface area contributed by atoms with E-state index in [1.165, 1.54) is 46.3 Å². The van der Waals surface area contributed by atoms with E-state index in [0.29, 0.717) is 13.1 Å². The normalized spacial score (nSPS) is 25.2. The summed E-state index contributed by atoms with van der Waals surface area (Å²) in [5.74, 6) is -1.76. The molecule has 0 spiro atoms. The van der Waals surface area contributed by atoms with Crippen LogP contribution in [0.5, 0.6) is 0 Å². The van der Waals surface area contributed by atoms with Crippen LogP contribution in [0, 0.1) is 27.9 Å². The number of allylic oxidation sites excluding steroid dienone is 2. The number of quaternary nitrogens is 1. The van der Waals surface area contributed by atoms with Gasteiger partial charge in [0.2, 0.25) is 10.0 Å². The van der Waals surface area contributed by atoms with E-state index in [0.717, 1.165) is 37.4 Å². The first-order chi connectivity index (χ1) is 15.1. The second-order valence-corrected chi connectivity index (χ2v) is 10.2. The Morgan fingerprint density at radius 3 is 2.16 bits per heavy atom. The standard InChI is InChI=1S/C18H23N3O4S.C2H2O4/c22-21(23)17-3-5-18(6-4-17)26(24,25)20-9-7-19(8-10-20)13-16-12-14-1-2-15(16)11-14;3-1(4)2(5)6/h1-6,14-16H,7-13H2;(H,3,4)(H,5,6). The van der Waals surface area contributed by atoms with Gasteiger partial charge in [0.05, 0.1) is 42.5 Å². The number of hydrogen-bond donors (Lipinski definition) is 2. The van der Waals surface area contributed by atoms with Crippen molar-refractivity contribution in [3.05, 3.63) is 46.5 Å². The Balaban J connectivity index is 0.000000427. The molecule has 12 heteroatoms. The van der Waals surface area contributed by atoms with Crippen molar-refractivity contribution in [3.63, 3.8) is 0 Å². The van der Waals surface area contributed by atoms with Crippen LogP contribution in [0.1, 0.15) is 12.8 Å². The Morgan fingerprint density at radius 1 is 1.12 bits per heavy atom. The first-order valence-corrected chi connectivity index (χ1v) is 11.7. The second kappa shape index (κ2) is 9.76. The van der Waals surface area contributed by atoms with Gasteiger partial charge in [-0.05, 0) is 36.8 Å². The summed E-state index contributed by atoms with van der Waals surface area (Å²) >= 11 is 0. The molecule has 2 bridgehead atoms. The molecule has 0 amide bonds. The van der Waals surface area contributed by atoms with E-state index in [2.05, 4.69) is 12.2 Å². The maximum Gasteiger partial charge on any atom is 0.351 e. The lowest BCUT2D eigenvalue weighted by Gasteiger charge is -2.33. The van der Waals surface area contributed by atoms with Gasteiger partial charge in [-0.15, -0.1) is 0 Å². The average molecular weight is 468 g/mol. The number of nitrogens with one attached hydrogen (secondary N) is 1. The van der Waals surface area contributed by atoms with Crippen LogP contribution in [-0.2, 0) is 19.6 Å². The topological polar surface area (TPSA) is 162 Å². The van der Waals surface area contributed by atoms with Gasteiger partial charge in [-0.25, -0.2) is 13.2 Å². The van der Waals surface area contributed by atoms with E-state index in [9.17, 15) is 18.5 Å². The highest BCUT2D eigenvalue weighted by atomic mass is 32.2. The van der Waals surface area contributed by atoms with Crippen LogP contribution in [0.25, 0.3) is 0 Å². The van der Waals surface area contributed by atoms with Gasteiger partial charge >= 0.3 is 5.97 Å². The monoisotopic (exact) mass is 467 g/mol. The molecule has 0 aromatic heterocycles. The third kappa shape index (κ3) is 5.50. The molecule has 32 heavy (non-hydrogen) atoms. The van der Waals surface area contributed by atoms with Crippen molar-refractivity contribution in [2.75, 3.05) is 32.7 Å². The number of benzene rings is 1. The van der Waals surface area contributed by atoms with Crippen LogP contribution in [0.15, 0.2) is 41.3 Å². The molecular weight excluding hydrogens is 442 g/mol. The maximum absolute atomic E-state index is 12.8. The quantitative estimate of drug-likeness (QED) is 0.229. The Morgan fingerprint density at radius 2 is 1.72 bits per heavy atom. The first-order valence-electron chi connectivity index (χ1n) is 10.3. The van der Waals surface area contributed by atoms with Gasteiger partial charge in [0.25, 0.3) is 5.69 Å². The third-order valence-corrected chi connectivity index (χ3v) is 8.17. The number of rotatable bonds is 5. The van der Waals surface area contributed by atoms with Crippen molar-refractivity contribution in [2.45, 2.75) is 17.7 Å². The fourth-order valence-electron chi connectivity index (χ4n) is 4.64. The largest absolute Gasteiger partial charge is 0.539 e. The van der Waals surface area contributed by atoms with Crippen LogP contribution >= 0.6 is 0 Å². The number of hydrogen-bond acceptors (Lipinski definition) is 7. The minimum Gasteiger partial charge on any atom is -0.539 e. The summed E-state index contributed by atoms with van der Waals surface area (Å²) in [6, 6.07) is 5.15. The van der Waals surface area contributed by atoms with E-state index in [-0.39, 0.29) is 10.6 Å². The average Bonchev–Trinajstić information content (AvgIpc) is 3.38. The van der Waals surface area contributed by atoms with Crippen LogP contribution in [0.2, 0.25) is 0 Å². The molecule has 1 aliphatic heterocycles. The number of nitrogens with zero attached hydrogens (tertiary/aromatic N) is 2. The molecule has 1 saturated carbocycles. The van der Waals surface area contributed by atoms with Crippen molar-refractivity contribution in [1.82, 2.24) is 4.31 Å². The van der Waals surface area contributed by atoms with Gasteiger partial charge in [-0.2, -0.15) is 4.31 Å². The summed E-state index contributed by atoms with van der Waals surface area (Å²) in [5.41, 5.74) is -0.0990. The minimum absolute atomic E-state index is 0.0990. The number of carboxylic acids is 2. The molecule has 1 aromatic carbocycles. The van der Waals surface area contributed by atoms with Crippen LogP contribution in [0.4, 0.5) is 5.69 Å². The number of carboxylic acid groups (broad SMARTS) is 2. The first kappa shape index (κ1) is 23.8. The van der Waals surface area contributed by atoms with Gasteiger partial charge in [-0.1, -0.05) is 12.2 Å². The summed E-state index contributed by atoms with van der Waals surface area (Å²) in [6.07, 6.45) is 7.31. The van der Waals surface area contributed by atoms with Crippen molar-refractivity contribution in [2.24, 2.45) is 17.8 Å². The second-order valence-electron chi connectivity index (χ2n) is 8.24. The zero-order valence-electron chi connectivity index (χ0n) is 17.3. The number of fused-ring (bicyclic) bond motifs is 2. The molecule has 4 rings (SSSR count). The maximum atomic E-state index is 12.8. The Labute approximate surface area is 185 Å². The van der Waals surface area contributed by atoms with Crippen LogP contribution in [-0.4, -0.2) is 67.4 Å². The summed E-state index contributed by atoms with van der Waals surface area (Å²) in [7, 11) is -3.58. The molecule has 1 aromatic rings. The predicted octanol–water partition coefficient (Wildman–Crippen LogP) is -1.48. The number of carbonyl (C=O) groups is 2. The van der Waals surface area contributed by atoms with Gasteiger partial charge in [0, 0.05) is 18.1 Å². The number of carbonyl (C=O) groups excluding carboxylic acids is 1. The molecule has 1 saturated heterocycles. The van der Waals surface area contributed by atoms with E-state index in [4.69, 9.17) is 19.8 Å². The SMILES string of the molecule is O=C([O-])C(=O)O.O=[N+]([O-])c1ccc(S(=O)(=O)N2CC[NH+](CC3CC4C=CC3C4)CC2)cc1. The molecular formula is C20H25N3O8S. The zero-order valence-corrected chi connectivity index (χ0v) is 18.1. The number of aliphatic carboxylic acids is 2. The lowest BCUT2D eigenvalue weighted by atomic mass is 9.93. The minimum atomic E-state index is -3.58. The Kier molecular flexibility index (Phi) is 7.26. The van der Waals surface area contributed by atoms with Crippen LogP contribution in [0.3, 0.4) is 0 Å². The zero-order chi connectivity index (χ0) is 23.5. The summed E-state index contributed by atoms with van der Waals surface area (Å²) in [4.78, 5) is 29.9. The number of piperazine rings is 1. The highest BCUT2D eigenvalue weighted by Gasteiger charge is 2.39. The van der Waals surface area contributed by atoms with Gasteiger partial charge in [0.15, 0.2) is 5.97 Å². The Bertz CT molecular complexity index is 988. The fraction of sp³-hybridized carbons (Fsp3) is 0.500. The Hall–Kier alpha value is -2.83. The van der Waals surface area contributed by atoms with E-state index >= 15 is 0 Å². The number of sulfonamides is 1. The lowest BCUT2D eigenvalue weighted by molar-refractivity contribution is -0.907. The van der Waals surface area contributed by atoms with Crippen molar-refractivity contribution >= 4 is 27.6 Å². The van der Waals surface area contributed by atoms with Crippen LogP contribution < -0.4 is 10.0 Å². The highest BCUT2D eigenvalue weighted by Crippen LogP contribution is 2.42.